The number of hydrogen-bond acceptors (Lipinski definition) is 3. The normalized spacial score (nSPS) is 12.2. The van der Waals surface area contributed by atoms with E-state index in [1.165, 1.54) is 6.07 Å². The number of halogens is 1. The molecule has 4 heteroatoms. The van der Waals surface area contributed by atoms with Crippen molar-refractivity contribution in [3.8, 4) is 5.75 Å². The third kappa shape index (κ3) is 3.48. The van der Waals surface area contributed by atoms with E-state index in [0.717, 1.165) is 5.69 Å². The first-order valence-electron chi connectivity index (χ1n) is 6.58. The van der Waals surface area contributed by atoms with Gasteiger partial charge in [0.05, 0.1) is 0 Å². The summed E-state index contributed by atoms with van der Waals surface area (Å²) < 4.78 is 13.6. The highest BCUT2D eigenvalue weighted by Crippen LogP contribution is 2.21. The van der Waals surface area contributed by atoms with E-state index in [1.807, 2.05) is 24.1 Å². The van der Waals surface area contributed by atoms with Gasteiger partial charge in [-0.1, -0.05) is 18.2 Å². The maximum Gasteiger partial charge on any atom is 0.127 e. The highest BCUT2D eigenvalue weighted by molar-refractivity contribution is 5.48. The summed E-state index contributed by atoms with van der Waals surface area (Å²) in [6.07, 6.45) is 0.651. The summed E-state index contributed by atoms with van der Waals surface area (Å²) in [4.78, 5) is 2.03. The maximum absolute atomic E-state index is 13.6. The summed E-state index contributed by atoms with van der Waals surface area (Å²) in [6, 6.07) is 13.2. The Morgan fingerprint density at radius 2 is 1.80 bits per heavy atom. The summed E-state index contributed by atoms with van der Waals surface area (Å²) in [7, 11) is 1.94. The van der Waals surface area contributed by atoms with Crippen LogP contribution >= 0.6 is 0 Å². The largest absolute Gasteiger partial charge is 0.508 e. The van der Waals surface area contributed by atoms with E-state index in [0.29, 0.717) is 18.5 Å². The van der Waals surface area contributed by atoms with E-state index in [4.69, 9.17) is 5.73 Å². The van der Waals surface area contributed by atoms with Gasteiger partial charge in [-0.15, -0.1) is 0 Å². The van der Waals surface area contributed by atoms with Crippen LogP contribution in [-0.4, -0.2) is 18.7 Å². The number of benzene rings is 2. The Labute approximate surface area is 118 Å². The number of hydrogen-bond donors (Lipinski definition) is 2. The van der Waals surface area contributed by atoms with Gasteiger partial charge in [-0.25, -0.2) is 4.39 Å². The molecule has 2 aromatic carbocycles. The molecule has 3 nitrogen and oxygen atoms in total. The van der Waals surface area contributed by atoms with E-state index in [9.17, 15) is 9.50 Å². The van der Waals surface area contributed by atoms with Crippen LogP contribution in [-0.2, 0) is 0 Å². The average Bonchev–Trinajstić information content (AvgIpc) is 2.45. The minimum Gasteiger partial charge on any atom is -0.508 e. The van der Waals surface area contributed by atoms with Crippen LogP contribution in [0.15, 0.2) is 48.5 Å². The van der Waals surface area contributed by atoms with Gasteiger partial charge in [-0.2, -0.15) is 0 Å². The fourth-order valence-corrected chi connectivity index (χ4v) is 2.10. The molecule has 20 heavy (non-hydrogen) atoms. The van der Waals surface area contributed by atoms with Crippen molar-refractivity contribution >= 4 is 5.69 Å². The molecule has 0 aliphatic carbocycles. The lowest BCUT2D eigenvalue weighted by molar-refractivity contribution is 0.475. The van der Waals surface area contributed by atoms with Crippen LogP contribution in [0.5, 0.6) is 5.75 Å². The SMILES string of the molecule is CN(CCC(N)c1ccccc1F)c1ccc(O)cc1. The van der Waals surface area contributed by atoms with Gasteiger partial charge in [-0.3, -0.25) is 0 Å². The summed E-state index contributed by atoms with van der Waals surface area (Å²) in [5, 5.41) is 9.26. The Hall–Kier alpha value is -2.07. The minimum atomic E-state index is -0.323. The van der Waals surface area contributed by atoms with Crippen molar-refractivity contribution < 1.29 is 9.50 Å². The van der Waals surface area contributed by atoms with Crippen LogP contribution in [0, 0.1) is 5.82 Å². The lowest BCUT2D eigenvalue weighted by atomic mass is 10.0. The van der Waals surface area contributed by atoms with Gasteiger partial charge >= 0.3 is 0 Å². The zero-order valence-corrected chi connectivity index (χ0v) is 11.5. The number of anilines is 1. The van der Waals surface area contributed by atoms with Gasteiger partial charge in [0.25, 0.3) is 0 Å². The van der Waals surface area contributed by atoms with E-state index in [-0.39, 0.29) is 17.6 Å². The zero-order valence-electron chi connectivity index (χ0n) is 11.5. The number of phenols is 1. The van der Waals surface area contributed by atoms with E-state index < -0.39 is 0 Å². The highest BCUT2D eigenvalue weighted by Gasteiger charge is 2.11. The Bertz CT molecular complexity index is 557. The van der Waals surface area contributed by atoms with E-state index in [2.05, 4.69) is 0 Å². The molecule has 0 aliphatic heterocycles. The molecule has 0 fully saturated rings. The van der Waals surface area contributed by atoms with Gasteiger partial charge in [0.15, 0.2) is 0 Å². The monoisotopic (exact) mass is 274 g/mol. The zero-order chi connectivity index (χ0) is 14.5. The van der Waals surface area contributed by atoms with Crippen molar-refractivity contribution in [2.75, 3.05) is 18.5 Å². The van der Waals surface area contributed by atoms with Gasteiger partial charge < -0.3 is 15.7 Å². The standard InChI is InChI=1S/C16H19FN2O/c1-19(12-6-8-13(20)9-7-12)11-10-16(18)14-4-2-3-5-15(14)17/h2-9,16,20H,10-11,18H2,1H3. The van der Waals surface area contributed by atoms with Gasteiger partial charge in [-0.05, 0) is 36.8 Å². The molecule has 106 valence electrons. The molecule has 0 bridgehead atoms. The summed E-state index contributed by atoms with van der Waals surface area (Å²) in [5.41, 5.74) is 7.58. The maximum atomic E-state index is 13.6. The predicted octanol–water partition coefficient (Wildman–Crippen LogP) is 3.06. The molecule has 0 radical (unpaired) electrons. The van der Waals surface area contributed by atoms with Crippen molar-refractivity contribution in [3.05, 3.63) is 59.9 Å². The number of rotatable bonds is 5. The van der Waals surface area contributed by atoms with Crippen molar-refractivity contribution in [3.63, 3.8) is 0 Å². The van der Waals surface area contributed by atoms with Crippen LogP contribution in [0.25, 0.3) is 0 Å². The van der Waals surface area contributed by atoms with Gasteiger partial charge in [0.2, 0.25) is 0 Å². The molecule has 0 aliphatic rings. The number of aromatic hydroxyl groups is 1. The first kappa shape index (κ1) is 14.3. The summed E-state index contributed by atoms with van der Waals surface area (Å²) >= 11 is 0. The molecule has 0 amide bonds. The molecule has 0 saturated heterocycles. The molecule has 0 saturated carbocycles. The Morgan fingerprint density at radius 1 is 1.15 bits per heavy atom. The van der Waals surface area contributed by atoms with Crippen LogP contribution in [0.1, 0.15) is 18.0 Å². The first-order chi connectivity index (χ1) is 9.58. The third-order valence-electron chi connectivity index (χ3n) is 3.37. The molecule has 0 aromatic heterocycles. The van der Waals surface area contributed by atoms with Gasteiger partial charge in [0, 0.05) is 30.9 Å². The second-order valence-corrected chi connectivity index (χ2v) is 4.85. The number of phenolic OH excluding ortho intramolecular Hbond substituents is 1. The summed E-state index contributed by atoms with van der Waals surface area (Å²) in [5.74, 6) is -0.0162. The molecule has 0 spiro atoms. The fraction of sp³-hybridized carbons (Fsp3) is 0.250. The number of nitrogens with two attached hydrogens (primary N) is 1. The van der Waals surface area contributed by atoms with Crippen molar-refractivity contribution in [1.82, 2.24) is 0 Å². The highest BCUT2D eigenvalue weighted by atomic mass is 19.1. The Kier molecular flexibility index (Phi) is 4.58. The van der Waals surface area contributed by atoms with Crippen LogP contribution in [0.3, 0.4) is 0 Å². The fourth-order valence-electron chi connectivity index (χ4n) is 2.10. The molecule has 3 N–H and O–H groups in total. The topological polar surface area (TPSA) is 49.5 Å². The summed E-state index contributed by atoms with van der Waals surface area (Å²) in [6.45, 7) is 0.709. The third-order valence-corrected chi connectivity index (χ3v) is 3.37. The molecule has 1 atom stereocenters. The van der Waals surface area contributed by atoms with Crippen molar-refractivity contribution in [1.29, 1.82) is 0 Å². The molecule has 2 rings (SSSR count). The van der Waals surface area contributed by atoms with Crippen molar-refractivity contribution in [2.45, 2.75) is 12.5 Å². The smallest absolute Gasteiger partial charge is 0.127 e. The second kappa shape index (κ2) is 6.39. The van der Waals surface area contributed by atoms with Crippen LogP contribution in [0.2, 0.25) is 0 Å². The lowest BCUT2D eigenvalue weighted by Gasteiger charge is -2.22. The van der Waals surface area contributed by atoms with E-state index >= 15 is 0 Å². The first-order valence-corrected chi connectivity index (χ1v) is 6.58. The Morgan fingerprint density at radius 3 is 2.45 bits per heavy atom. The quantitative estimate of drug-likeness (QED) is 0.881. The second-order valence-electron chi connectivity index (χ2n) is 4.85. The van der Waals surface area contributed by atoms with Crippen LogP contribution in [0.4, 0.5) is 10.1 Å². The van der Waals surface area contributed by atoms with Gasteiger partial charge in [0.1, 0.15) is 11.6 Å². The number of nitrogens with zero attached hydrogens (tertiary/aromatic N) is 1. The minimum absolute atomic E-state index is 0.241. The molecule has 1 unspecified atom stereocenters. The molecule has 0 heterocycles. The van der Waals surface area contributed by atoms with Crippen molar-refractivity contribution in [2.24, 2.45) is 5.73 Å². The predicted molar refractivity (Wildman–Crippen MR) is 79.3 cm³/mol. The Balaban J connectivity index is 1.95. The van der Waals surface area contributed by atoms with E-state index in [1.54, 1.807) is 30.3 Å². The molecular formula is C16H19FN2O. The average molecular weight is 274 g/mol. The lowest BCUT2D eigenvalue weighted by Crippen LogP contribution is -2.23. The molecular weight excluding hydrogens is 255 g/mol. The van der Waals surface area contributed by atoms with Crippen LogP contribution < -0.4 is 10.6 Å². The molecule has 2 aromatic rings.